The molecule has 0 radical (unpaired) electrons. The molecule has 0 spiro atoms. The topological polar surface area (TPSA) is 108 Å². The highest BCUT2D eigenvalue weighted by Gasteiger charge is 2.10. The number of hydrogen-bond donors (Lipinski definition) is 3. The fraction of sp³-hybridized carbons (Fsp3) is 0.292. The molecule has 2 aromatic carbocycles. The van der Waals surface area contributed by atoms with Crippen molar-refractivity contribution in [2.24, 2.45) is 0 Å². The summed E-state index contributed by atoms with van der Waals surface area (Å²) in [5, 5.41) is 6.56. The fourth-order valence-corrected chi connectivity index (χ4v) is 3.79. The number of nitrogens with one attached hydrogen (secondary N) is 3. The molecular formula is C24H26N6O3. The van der Waals surface area contributed by atoms with E-state index >= 15 is 0 Å². The summed E-state index contributed by atoms with van der Waals surface area (Å²) in [6.45, 7) is 6.66. The number of aromatic amines is 1. The molecule has 5 rings (SSSR count). The molecule has 1 fully saturated rings. The Morgan fingerprint density at radius 1 is 1.06 bits per heavy atom. The molecule has 4 aromatic rings. The summed E-state index contributed by atoms with van der Waals surface area (Å²) < 4.78 is 10.5. The van der Waals surface area contributed by atoms with Crippen molar-refractivity contribution in [1.82, 2.24) is 19.9 Å². The fourth-order valence-electron chi connectivity index (χ4n) is 3.79. The molecule has 0 atom stereocenters. The maximum atomic E-state index is 11.4. The second-order valence-electron chi connectivity index (χ2n) is 8.10. The Hall–Kier alpha value is -3.69. The standard InChI is InChI=1S/C24H26N6O3/c1-16-15-25-23(29-22(16)26-19-6-7-21-20(14-19)28-24(31)33-21)27-18-4-2-17(3-5-18)8-9-30-10-12-32-13-11-30/h2-7,14-15H,8-13H2,1H3,(H,28,31)(H2,25,26,27,29). The zero-order valence-electron chi connectivity index (χ0n) is 18.4. The van der Waals surface area contributed by atoms with Gasteiger partial charge in [0.25, 0.3) is 0 Å². The smallest absolute Gasteiger partial charge is 0.408 e. The second kappa shape index (κ2) is 9.43. The van der Waals surface area contributed by atoms with Gasteiger partial charge in [0.15, 0.2) is 5.58 Å². The first-order chi connectivity index (χ1) is 16.1. The highest BCUT2D eigenvalue weighted by atomic mass is 16.5. The Morgan fingerprint density at radius 3 is 2.67 bits per heavy atom. The first-order valence-electron chi connectivity index (χ1n) is 11.0. The van der Waals surface area contributed by atoms with Crippen molar-refractivity contribution < 1.29 is 9.15 Å². The molecule has 33 heavy (non-hydrogen) atoms. The van der Waals surface area contributed by atoms with Crippen LogP contribution >= 0.6 is 0 Å². The summed E-state index contributed by atoms with van der Waals surface area (Å²) in [6, 6.07) is 13.8. The lowest BCUT2D eigenvalue weighted by Crippen LogP contribution is -2.37. The minimum atomic E-state index is -0.473. The number of hydrogen-bond acceptors (Lipinski definition) is 8. The van der Waals surface area contributed by atoms with Gasteiger partial charge in [0, 0.05) is 42.8 Å². The van der Waals surface area contributed by atoms with Crippen LogP contribution in [0.25, 0.3) is 11.1 Å². The van der Waals surface area contributed by atoms with Gasteiger partial charge in [-0.3, -0.25) is 9.88 Å². The normalized spacial score (nSPS) is 14.5. The van der Waals surface area contributed by atoms with Crippen LogP contribution < -0.4 is 16.4 Å². The Balaban J connectivity index is 1.24. The zero-order valence-corrected chi connectivity index (χ0v) is 18.4. The molecule has 3 N–H and O–H groups in total. The Bertz CT molecular complexity index is 1290. The predicted octanol–water partition coefficient (Wildman–Crippen LogP) is 3.58. The lowest BCUT2D eigenvalue weighted by molar-refractivity contribution is 0.0384. The number of nitrogens with zero attached hydrogens (tertiary/aromatic N) is 3. The van der Waals surface area contributed by atoms with Gasteiger partial charge in [0.2, 0.25) is 5.95 Å². The van der Waals surface area contributed by atoms with Gasteiger partial charge in [-0.25, -0.2) is 9.78 Å². The van der Waals surface area contributed by atoms with Crippen LogP contribution in [-0.4, -0.2) is 52.7 Å². The lowest BCUT2D eigenvalue weighted by Gasteiger charge is -2.26. The average molecular weight is 447 g/mol. The van der Waals surface area contributed by atoms with Gasteiger partial charge in [-0.2, -0.15) is 4.98 Å². The van der Waals surface area contributed by atoms with Crippen molar-refractivity contribution in [3.8, 4) is 0 Å². The van der Waals surface area contributed by atoms with Gasteiger partial charge in [0.1, 0.15) is 5.82 Å². The first kappa shape index (κ1) is 21.2. The van der Waals surface area contributed by atoms with Crippen molar-refractivity contribution in [2.75, 3.05) is 43.5 Å². The van der Waals surface area contributed by atoms with E-state index in [4.69, 9.17) is 9.15 Å². The minimum absolute atomic E-state index is 0.473. The number of benzene rings is 2. The van der Waals surface area contributed by atoms with Crippen molar-refractivity contribution in [2.45, 2.75) is 13.3 Å². The maximum Gasteiger partial charge on any atom is 0.417 e. The van der Waals surface area contributed by atoms with Gasteiger partial charge in [-0.15, -0.1) is 0 Å². The van der Waals surface area contributed by atoms with E-state index in [0.717, 1.165) is 56.2 Å². The van der Waals surface area contributed by atoms with Crippen LogP contribution in [0.2, 0.25) is 0 Å². The number of aromatic nitrogens is 3. The van der Waals surface area contributed by atoms with Gasteiger partial charge in [0.05, 0.1) is 18.7 Å². The SMILES string of the molecule is Cc1cnc(Nc2ccc(CCN3CCOCC3)cc2)nc1Nc1ccc2oc(=O)[nH]c2c1. The molecule has 1 aliphatic rings. The summed E-state index contributed by atoms with van der Waals surface area (Å²) in [5.41, 5.74) is 5.06. The summed E-state index contributed by atoms with van der Waals surface area (Å²) in [4.78, 5) is 25.5. The highest BCUT2D eigenvalue weighted by molar-refractivity contribution is 5.78. The number of oxazole rings is 1. The van der Waals surface area contributed by atoms with E-state index in [1.54, 1.807) is 12.3 Å². The zero-order chi connectivity index (χ0) is 22.6. The van der Waals surface area contributed by atoms with Crippen LogP contribution in [0.4, 0.5) is 23.1 Å². The molecule has 0 aliphatic carbocycles. The number of aryl methyl sites for hydroxylation is 1. The summed E-state index contributed by atoms with van der Waals surface area (Å²) in [6.07, 6.45) is 2.79. The second-order valence-corrected chi connectivity index (χ2v) is 8.10. The third-order valence-electron chi connectivity index (χ3n) is 5.68. The molecule has 9 nitrogen and oxygen atoms in total. The minimum Gasteiger partial charge on any atom is -0.408 e. The number of rotatable bonds is 7. The number of ether oxygens (including phenoxy) is 1. The summed E-state index contributed by atoms with van der Waals surface area (Å²) in [5.74, 6) is 0.709. The largest absolute Gasteiger partial charge is 0.417 e. The van der Waals surface area contributed by atoms with E-state index in [2.05, 4.69) is 42.6 Å². The summed E-state index contributed by atoms with van der Waals surface area (Å²) in [7, 11) is 0. The number of anilines is 4. The van der Waals surface area contributed by atoms with Gasteiger partial charge < -0.3 is 19.8 Å². The van der Waals surface area contributed by atoms with Crippen LogP contribution in [0.15, 0.2) is 57.9 Å². The number of H-pyrrole nitrogens is 1. The molecule has 0 saturated carbocycles. The Morgan fingerprint density at radius 2 is 1.85 bits per heavy atom. The third-order valence-corrected chi connectivity index (χ3v) is 5.68. The van der Waals surface area contributed by atoms with E-state index in [1.807, 2.05) is 31.2 Å². The van der Waals surface area contributed by atoms with Crippen LogP contribution in [0.3, 0.4) is 0 Å². The van der Waals surface area contributed by atoms with Gasteiger partial charge in [-0.1, -0.05) is 12.1 Å². The van der Waals surface area contributed by atoms with Gasteiger partial charge >= 0.3 is 5.76 Å². The average Bonchev–Trinajstić information content (AvgIpc) is 3.21. The van der Waals surface area contributed by atoms with Crippen LogP contribution in [-0.2, 0) is 11.2 Å². The van der Waals surface area contributed by atoms with Crippen LogP contribution in [0.1, 0.15) is 11.1 Å². The molecule has 2 aromatic heterocycles. The lowest BCUT2D eigenvalue weighted by atomic mass is 10.1. The van der Waals surface area contributed by atoms with Crippen molar-refractivity contribution in [3.05, 3.63) is 70.3 Å². The van der Waals surface area contributed by atoms with E-state index < -0.39 is 5.76 Å². The van der Waals surface area contributed by atoms with E-state index in [-0.39, 0.29) is 0 Å². The predicted molar refractivity (Wildman–Crippen MR) is 128 cm³/mol. The highest BCUT2D eigenvalue weighted by Crippen LogP contribution is 2.23. The first-order valence-corrected chi connectivity index (χ1v) is 11.0. The van der Waals surface area contributed by atoms with Crippen molar-refractivity contribution in [1.29, 1.82) is 0 Å². The molecule has 170 valence electrons. The Kier molecular flexibility index (Phi) is 6.05. The van der Waals surface area contributed by atoms with E-state index in [1.165, 1.54) is 5.56 Å². The molecule has 1 aliphatic heterocycles. The molecule has 0 unspecified atom stereocenters. The van der Waals surface area contributed by atoms with Crippen LogP contribution in [0.5, 0.6) is 0 Å². The van der Waals surface area contributed by atoms with Gasteiger partial charge in [-0.05, 0) is 49.2 Å². The van der Waals surface area contributed by atoms with Crippen molar-refractivity contribution >= 4 is 34.2 Å². The summed E-state index contributed by atoms with van der Waals surface area (Å²) >= 11 is 0. The number of fused-ring (bicyclic) bond motifs is 1. The molecule has 9 heteroatoms. The maximum absolute atomic E-state index is 11.4. The quantitative estimate of drug-likeness (QED) is 0.395. The van der Waals surface area contributed by atoms with Crippen molar-refractivity contribution in [3.63, 3.8) is 0 Å². The molecule has 1 saturated heterocycles. The van der Waals surface area contributed by atoms with Crippen LogP contribution in [0, 0.1) is 6.92 Å². The molecule has 0 bridgehead atoms. The Labute approximate surface area is 190 Å². The third kappa shape index (κ3) is 5.21. The monoisotopic (exact) mass is 446 g/mol. The molecule has 3 heterocycles. The molecule has 0 amide bonds. The van der Waals surface area contributed by atoms with E-state index in [9.17, 15) is 4.79 Å². The molecular weight excluding hydrogens is 420 g/mol. The van der Waals surface area contributed by atoms with E-state index in [0.29, 0.717) is 22.9 Å². The number of morpholine rings is 1.